The van der Waals surface area contributed by atoms with E-state index in [4.69, 9.17) is 5.21 Å². The van der Waals surface area contributed by atoms with Gasteiger partial charge in [-0.1, -0.05) is 29.0 Å². The average molecular weight is 149 g/mol. The monoisotopic (exact) mass is 149 g/mol. The quantitative estimate of drug-likeness (QED) is 0.415. The van der Waals surface area contributed by atoms with Crippen LogP contribution in [0.4, 0.5) is 0 Å². The number of nitrogens with zero attached hydrogens (tertiary/aromatic N) is 1. The predicted molar refractivity (Wildman–Crippen MR) is 43.8 cm³/mol. The fourth-order valence-electron chi connectivity index (χ4n) is 1.82. The highest BCUT2D eigenvalue weighted by molar-refractivity contribution is 5.92. The first-order valence-electron chi connectivity index (χ1n) is 4.00. The van der Waals surface area contributed by atoms with Gasteiger partial charge >= 0.3 is 0 Å². The van der Waals surface area contributed by atoms with Crippen molar-refractivity contribution in [1.82, 2.24) is 0 Å². The Balaban J connectivity index is 2.27. The summed E-state index contributed by atoms with van der Waals surface area (Å²) in [6.45, 7) is 0. The third-order valence-corrected chi connectivity index (χ3v) is 2.40. The molecule has 0 aromatic rings. The highest BCUT2D eigenvalue weighted by Crippen LogP contribution is 2.31. The summed E-state index contributed by atoms with van der Waals surface area (Å²) in [5.74, 6) is 0.328. The Hall–Kier alpha value is -1.05. The van der Waals surface area contributed by atoms with Crippen molar-refractivity contribution in [1.29, 1.82) is 0 Å². The van der Waals surface area contributed by atoms with E-state index < -0.39 is 0 Å². The molecule has 1 atom stereocenters. The van der Waals surface area contributed by atoms with Crippen molar-refractivity contribution < 1.29 is 5.21 Å². The Morgan fingerprint density at radius 1 is 1.45 bits per heavy atom. The van der Waals surface area contributed by atoms with E-state index in [-0.39, 0.29) is 0 Å². The topological polar surface area (TPSA) is 32.6 Å². The van der Waals surface area contributed by atoms with Crippen molar-refractivity contribution in [2.45, 2.75) is 19.3 Å². The number of hydrogen-bond donors (Lipinski definition) is 1. The van der Waals surface area contributed by atoms with Gasteiger partial charge in [-0.15, -0.1) is 0 Å². The maximum absolute atomic E-state index is 8.66. The third kappa shape index (κ3) is 0.985. The molecule has 0 bridgehead atoms. The van der Waals surface area contributed by atoms with E-state index in [1.54, 1.807) is 0 Å². The van der Waals surface area contributed by atoms with E-state index in [2.05, 4.69) is 23.4 Å². The summed E-state index contributed by atoms with van der Waals surface area (Å²) in [5.41, 5.74) is 2.33. The molecule has 0 spiro atoms. The van der Waals surface area contributed by atoms with Gasteiger partial charge < -0.3 is 5.21 Å². The van der Waals surface area contributed by atoms with Gasteiger partial charge in [-0.05, 0) is 19.3 Å². The molecule has 11 heavy (non-hydrogen) atoms. The van der Waals surface area contributed by atoms with Crippen LogP contribution in [0.3, 0.4) is 0 Å². The van der Waals surface area contributed by atoms with Gasteiger partial charge in [0.25, 0.3) is 0 Å². The first-order chi connectivity index (χ1) is 5.42. The molecule has 0 amide bonds. The minimum absolute atomic E-state index is 0.328. The third-order valence-electron chi connectivity index (χ3n) is 2.40. The summed E-state index contributed by atoms with van der Waals surface area (Å²) < 4.78 is 0. The van der Waals surface area contributed by atoms with Gasteiger partial charge in [0.05, 0.1) is 5.71 Å². The molecule has 1 unspecified atom stereocenters. The van der Waals surface area contributed by atoms with Crippen molar-refractivity contribution in [2.75, 3.05) is 0 Å². The van der Waals surface area contributed by atoms with E-state index in [9.17, 15) is 0 Å². The van der Waals surface area contributed by atoms with Gasteiger partial charge in [0.2, 0.25) is 0 Å². The Morgan fingerprint density at radius 2 is 2.36 bits per heavy atom. The maximum Gasteiger partial charge on any atom is 0.0680 e. The van der Waals surface area contributed by atoms with Gasteiger partial charge in [0.15, 0.2) is 0 Å². The first-order valence-corrected chi connectivity index (χ1v) is 4.00. The molecule has 2 nitrogen and oxygen atoms in total. The summed E-state index contributed by atoms with van der Waals surface area (Å²) in [7, 11) is 0. The van der Waals surface area contributed by atoms with Crippen molar-refractivity contribution >= 4 is 5.71 Å². The van der Waals surface area contributed by atoms with Crippen LogP contribution in [-0.2, 0) is 0 Å². The highest BCUT2D eigenvalue weighted by Gasteiger charge is 2.24. The minimum atomic E-state index is 0.328. The fraction of sp³-hybridized carbons (Fsp3) is 0.444. The number of fused-ring (bicyclic) bond motifs is 1. The molecule has 1 N–H and O–H groups in total. The lowest BCUT2D eigenvalue weighted by atomic mass is 9.85. The molecule has 0 aromatic heterocycles. The van der Waals surface area contributed by atoms with Crippen molar-refractivity contribution in [2.24, 2.45) is 11.1 Å². The van der Waals surface area contributed by atoms with E-state index in [1.165, 1.54) is 5.57 Å². The molecule has 2 aliphatic carbocycles. The number of allylic oxidation sites excluding steroid dienone is 4. The van der Waals surface area contributed by atoms with Crippen LogP contribution in [0.25, 0.3) is 0 Å². The molecule has 0 radical (unpaired) electrons. The molecule has 0 heterocycles. The summed E-state index contributed by atoms with van der Waals surface area (Å²) >= 11 is 0. The molecule has 1 saturated carbocycles. The van der Waals surface area contributed by atoms with Crippen LogP contribution in [0.1, 0.15) is 19.3 Å². The second-order valence-corrected chi connectivity index (χ2v) is 3.05. The zero-order chi connectivity index (χ0) is 7.68. The van der Waals surface area contributed by atoms with E-state index in [1.807, 2.05) is 0 Å². The molecule has 1 fully saturated rings. The van der Waals surface area contributed by atoms with E-state index in [0.29, 0.717) is 5.92 Å². The zero-order valence-corrected chi connectivity index (χ0v) is 6.33. The van der Waals surface area contributed by atoms with Gasteiger partial charge in [-0.2, -0.15) is 0 Å². The summed E-state index contributed by atoms with van der Waals surface area (Å²) in [6.07, 6.45) is 9.53. The lowest BCUT2D eigenvalue weighted by Gasteiger charge is -2.20. The van der Waals surface area contributed by atoms with Crippen LogP contribution in [0.2, 0.25) is 0 Å². The Kier molecular flexibility index (Phi) is 1.53. The number of oxime groups is 1. The normalized spacial score (nSPS) is 32.2. The zero-order valence-electron chi connectivity index (χ0n) is 6.33. The predicted octanol–water partition coefficient (Wildman–Crippen LogP) is 2.11. The van der Waals surface area contributed by atoms with Gasteiger partial charge in [0, 0.05) is 5.92 Å². The molecular formula is C9H11NO. The van der Waals surface area contributed by atoms with E-state index in [0.717, 1.165) is 25.0 Å². The molecule has 0 aliphatic heterocycles. The number of rotatable bonds is 0. The standard InChI is InChI=1S/C9H11NO/c11-10-9-6-2-4-7-3-1-5-8(7)9/h1,3,5,8,11H,2,4,6H2/b10-9-. The molecular weight excluding hydrogens is 138 g/mol. The molecule has 58 valence electrons. The SMILES string of the molecule is O/N=C1/CCCC2=CC=CC21. The van der Waals surface area contributed by atoms with Crippen LogP contribution >= 0.6 is 0 Å². The van der Waals surface area contributed by atoms with Crippen molar-refractivity contribution in [3.63, 3.8) is 0 Å². The first kappa shape index (κ1) is 6.65. The maximum atomic E-state index is 8.66. The fourth-order valence-corrected chi connectivity index (χ4v) is 1.82. The molecule has 2 heteroatoms. The number of hydrogen-bond acceptors (Lipinski definition) is 2. The van der Waals surface area contributed by atoms with Crippen LogP contribution in [-0.4, -0.2) is 10.9 Å². The highest BCUT2D eigenvalue weighted by atomic mass is 16.4. The van der Waals surface area contributed by atoms with E-state index >= 15 is 0 Å². The summed E-state index contributed by atoms with van der Waals surface area (Å²) in [4.78, 5) is 0. The Bertz CT molecular complexity index is 250. The van der Waals surface area contributed by atoms with Gasteiger partial charge in [0.1, 0.15) is 0 Å². The lowest BCUT2D eigenvalue weighted by molar-refractivity contribution is 0.314. The second-order valence-electron chi connectivity index (χ2n) is 3.05. The summed E-state index contributed by atoms with van der Waals surface area (Å²) in [6, 6.07) is 0. The van der Waals surface area contributed by atoms with Crippen molar-refractivity contribution in [3.05, 3.63) is 23.8 Å². The molecule has 0 aromatic carbocycles. The lowest BCUT2D eigenvalue weighted by Crippen LogP contribution is -2.18. The van der Waals surface area contributed by atoms with Crippen LogP contribution in [0.15, 0.2) is 29.0 Å². The summed E-state index contributed by atoms with van der Waals surface area (Å²) in [5, 5.41) is 12.0. The van der Waals surface area contributed by atoms with Crippen LogP contribution in [0, 0.1) is 5.92 Å². The smallest absolute Gasteiger partial charge is 0.0680 e. The van der Waals surface area contributed by atoms with Crippen LogP contribution in [0.5, 0.6) is 0 Å². The second kappa shape index (κ2) is 2.53. The van der Waals surface area contributed by atoms with Crippen LogP contribution < -0.4 is 0 Å². The van der Waals surface area contributed by atoms with Gasteiger partial charge in [-0.3, -0.25) is 0 Å². The minimum Gasteiger partial charge on any atom is -0.411 e. The molecule has 2 rings (SSSR count). The van der Waals surface area contributed by atoms with Gasteiger partial charge in [-0.25, -0.2) is 0 Å². The average Bonchev–Trinajstić information content (AvgIpc) is 2.50. The largest absolute Gasteiger partial charge is 0.411 e. The molecule has 0 saturated heterocycles. The Labute approximate surface area is 65.9 Å². The molecule has 2 aliphatic rings. The van der Waals surface area contributed by atoms with Crippen molar-refractivity contribution in [3.8, 4) is 0 Å². The Morgan fingerprint density at radius 3 is 3.18 bits per heavy atom.